The Labute approximate surface area is 99.7 Å². The minimum absolute atomic E-state index is 0.132. The third-order valence-electron chi connectivity index (χ3n) is 2.47. The smallest absolute Gasteiger partial charge is 0.0508 e. The second kappa shape index (κ2) is 6.05. The molecule has 3 heteroatoms. The van der Waals surface area contributed by atoms with Gasteiger partial charge in [0.1, 0.15) is 0 Å². The molecule has 1 rings (SSSR count). The molecule has 0 aliphatic rings. The molecule has 0 radical (unpaired) electrons. The van der Waals surface area contributed by atoms with Gasteiger partial charge in [-0.15, -0.1) is 0 Å². The first-order valence-electron chi connectivity index (χ1n) is 5.06. The summed E-state index contributed by atoms with van der Waals surface area (Å²) in [6.45, 7) is 6.11. The molecule has 0 saturated heterocycles. The zero-order valence-corrected chi connectivity index (χ0v) is 10.5. The van der Waals surface area contributed by atoms with Crippen molar-refractivity contribution in [3.05, 3.63) is 46.5 Å². The highest BCUT2D eigenvalue weighted by molar-refractivity contribution is 9.10. The number of rotatable bonds is 5. The Morgan fingerprint density at radius 3 is 2.73 bits per heavy atom. The number of halogens is 1. The first-order valence-corrected chi connectivity index (χ1v) is 5.85. The molecule has 0 saturated carbocycles. The van der Waals surface area contributed by atoms with Crippen molar-refractivity contribution in [2.75, 3.05) is 0 Å². The lowest BCUT2D eigenvalue weighted by Gasteiger charge is -2.18. The predicted molar refractivity (Wildman–Crippen MR) is 68.3 cm³/mol. The maximum atomic E-state index is 5.56. The Balaban J connectivity index is 2.83. The molecule has 0 aromatic heterocycles. The molecule has 1 atom stereocenters. The minimum atomic E-state index is 0.132. The normalized spacial score (nSPS) is 12.5. The first kappa shape index (κ1) is 12.4. The summed E-state index contributed by atoms with van der Waals surface area (Å²) in [4.78, 5) is 0. The van der Waals surface area contributed by atoms with Gasteiger partial charge in [-0.1, -0.05) is 53.2 Å². The van der Waals surface area contributed by atoms with E-state index in [9.17, 15) is 0 Å². The second-order valence-corrected chi connectivity index (χ2v) is 4.40. The molecule has 0 aliphatic carbocycles. The number of hydrogen-bond donors (Lipinski definition) is 2. The Kier molecular flexibility index (Phi) is 5.02. The Morgan fingerprint density at radius 1 is 1.53 bits per heavy atom. The van der Waals surface area contributed by atoms with Gasteiger partial charge in [0.25, 0.3) is 0 Å². The van der Waals surface area contributed by atoms with Crippen LogP contribution in [-0.4, -0.2) is 0 Å². The highest BCUT2D eigenvalue weighted by Gasteiger charge is 2.12. The highest BCUT2D eigenvalue weighted by Crippen LogP contribution is 2.27. The number of benzene rings is 1. The average Bonchev–Trinajstić information content (AvgIpc) is 2.26. The number of hydrogen-bond acceptors (Lipinski definition) is 2. The molecule has 0 fully saturated rings. The van der Waals surface area contributed by atoms with Crippen LogP contribution in [0.5, 0.6) is 0 Å². The third kappa shape index (κ3) is 3.45. The topological polar surface area (TPSA) is 38.0 Å². The van der Waals surface area contributed by atoms with Gasteiger partial charge in [-0.25, -0.2) is 0 Å². The van der Waals surface area contributed by atoms with Crippen molar-refractivity contribution in [3.8, 4) is 0 Å². The average molecular weight is 269 g/mol. The summed E-state index contributed by atoms with van der Waals surface area (Å²) < 4.78 is 1.08. The van der Waals surface area contributed by atoms with Crippen LogP contribution in [0.3, 0.4) is 0 Å². The van der Waals surface area contributed by atoms with Crippen molar-refractivity contribution in [1.29, 1.82) is 0 Å². The third-order valence-corrected chi connectivity index (χ3v) is 3.20. The van der Waals surface area contributed by atoms with E-state index in [0.29, 0.717) is 0 Å². The van der Waals surface area contributed by atoms with E-state index in [1.807, 2.05) is 18.2 Å². The van der Waals surface area contributed by atoms with Crippen LogP contribution < -0.4 is 11.3 Å². The molecule has 0 spiro atoms. The fraction of sp³-hybridized carbons (Fsp3) is 0.333. The van der Waals surface area contributed by atoms with E-state index in [0.717, 1.165) is 17.3 Å². The van der Waals surface area contributed by atoms with Gasteiger partial charge in [0, 0.05) is 4.47 Å². The number of nitrogens with two attached hydrogens (primary N) is 1. The highest BCUT2D eigenvalue weighted by atomic mass is 79.9. The molecule has 0 aliphatic heterocycles. The number of nitrogens with one attached hydrogen (secondary N) is 1. The molecule has 82 valence electrons. The number of hydrazine groups is 1. The van der Waals surface area contributed by atoms with Crippen molar-refractivity contribution in [2.45, 2.75) is 25.8 Å². The lowest BCUT2D eigenvalue weighted by molar-refractivity contribution is 0.543. The predicted octanol–water partition coefficient (Wildman–Crippen LogP) is 3.31. The summed E-state index contributed by atoms with van der Waals surface area (Å²) in [5.41, 5.74) is 5.21. The lowest BCUT2D eigenvalue weighted by Crippen LogP contribution is -2.28. The van der Waals surface area contributed by atoms with E-state index in [2.05, 4.69) is 40.9 Å². The van der Waals surface area contributed by atoms with Gasteiger partial charge in [-0.05, 0) is 24.5 Å². The van der Waals surface area contributed by atoms with Crippen LogP contribution in [0, 0.1) is 0 Å². The molecule has 1 unspecified atom stereocenters. The van der Waals surface area contributed by atoms with Crippen LogP contribution in [0.1, 0.15) is 31.4 Å². The molecule has 1 aromatic carbocycles. The lowest BCUT2D eigenvalue weighted by atomic mass is 9.99. The van der Waals surface area contributed by atoms with Crippen molar-refractivity contribution < 1.29 is 0 Å². The standard InChI is InChI=1S/C12H17BrN2/c1-3-9(2)8-12(15-14)10-6-4-5-7-11(10)13/h4-7,12,15H,2-3,8,14H2,1H3. The van der Waals surface area contributed by atoms with Gasteiger partial charge in [0.2, 0.25) is 0 Å². The van der Waals surface area contributed by atoms with Gasteiger partial charge in [-0.2, -0.15) is 0 Å². The fourth-order valence-electron chi connectivity index (χ4n) is 1.45. The van der Waals surface area contributed by atoms with E-state index >= 15 is 0 Å². The zero-order chi connectivity index (χ0) is 11.3. The molecule has 1 aromatic rings. The van der Waals surface area contributed by atoms with Crippen LogP contribution in [-0.2, 0) is 0 Å². The van der Waals surface area contributed by atoms with E-state index in [4.69, 9.17) is 5.84 Å². The maximum Gasteiger partial charge on any atom is 0.0508 e. The quantitative estimate of drug-likeness (QED) is 0.489. The van der Waals surface area contributed by atoms with Crippen LogP contribution in [0.4, 0.5) is 0 Å². The summed E-state index contributed by atoms with van der Waals surface area (Å²) in [7, 11) is 0. The molecule has 0 amide bonds. The summed E-state index contributed by atoms with van der Waals surface area (Å²) in [6.07, 6.45) is 1.86. The van der Waals surface area contributed by atoms with Gasteiger partial charge in [0.05, 0.1) is 6.04 Å². The van der Waals surface area contributed by atoms with Crippen LogP contribution >= 0.6 is 15.9 Å². The maximum absolute atomic E-state index is 5.56. The molecule has 2 nitrogen and oxygen atoms in total. The molecule has 15 heavy (non-hydrogen) atoms. The van der Waals surface area contributed by atoms with Gasteiger partial charge < -0.3 is 0 Å². The molecule has 0 heterocycles. The van der Waals surface area contributed by atoms with Gasteiger partial charge in [-0.3, -0.25) is 11.3 Å². The van der Waals surface area contributed by atoms with Crippen molar-refractivity contribution in [1.82, 2.24) is 5.43 Å². The van der Waals surface area contributed by atoms with Crippen molar-refractivity contribution in [3.63, 3.8) is 0 Å². The second-order valence-electron chi connectivity index (χ2n) is 3.55. The monoisotopic (exact) mass is 268 g/mol. The van der Waals surface area contributed by atoms with Gasteiger partial charge in [0.15, 0.2) is 0 Å². The Hall–Kier alpha value is -0.640. The molecular formula is C12H17BrN2. The summed E-state index contributed by atoms with van der Waals surface area (Å²) in [6, 6.07) is 8.23. The summed E-state index contributed by atoms with van der Waals surface area (Å²) in [5, 5.41) is 0. The molecule has 3 N–H and O–H groups in total. The van der Waals surface area contributed by atoms with E-state index in [1.165, 1.54) is 11.1 Å². The van der Waals surface area contributed by atoms with Crippen LogP contribution in [0.2, 0.25) is 0 Å². The van der Waals surface area contributed by atoms with Gasteiger partial charge >= 0.3 is 0 Å². The fourth-order valence-corrected chi connectivity index (χ4v) is 2.01. The van der Waals surface area contributed by atoms with Crippen LogP contribution in [0.25, 0.3) is 0 Å². The summed E-state index contributed by atoms with van der Waals surface area (Å²) in [5.74, 6) is 5.56. The van der Waals surface area contributed by atoms with E-state index in [-0.39, 0.29) is 6.04 Å². The first-order chi connectivity index (χ1) is 7.19. The van der Waals surface area contributed by atoms with Crippen molar-refractivity contribution in [2.24, 2.45) is 5.84 Å². The zero-order valence-electron chi connectivity index (χ0n) is 8.96. The van der Waals surface area contributed by atoms with E-state index < -0.39 is 0 Å². The Morgan fingerprint density at radius 2 is 2.20 bits per heavy atom. The summed E-state index contributed by atoms with van der Waals surface area (Å²) >= 11 is 3.52. The molecule has 0 bridgehead atoms. The van der Waals surface area contributed by atoms with Crippen LogP contribution in [0.15, 0.2) is 40.9 Å². The van der Waals surface area contributed by atoms with Crippen molar-refractivity contribution >= 4 is 15.9 Å². The largest absolute Gasteiger partial charge is 0.271 e. The van der Waals surface area contributed by atoms with E-state index in [1.54, 1.807) is 0 Å². The minimum Gasteiger partial charge on any atom is -0.271 e. The SMILES string of the molecule is C=C(CC)CC(NN)c1ccccc1Br. The molecular weight excluding hydrogens is 252 g/mol. The Bertz CT molecular complexity index is 336.